The van der Waals surface area contributed by atoms with Gasteiger partial charge in [-0.15, -0.1) is 12.4 Å². The summed E-state index contributed by atoms with van der Waals surface area (Å²) in [4.78, 5) is 5.16. The van der Waals surface area contributed by atoms with Crippen molar-refractivity contribution in [1.82, 2.24) is 9.80 Å². The van der Waals surface area contributed by atoms with Crippen LogP contribution in [-0.2, 0) is 13.1 Å². The van der Waals surface area contributed by atoms with Gasteiger partial charge >= 0.3 is 0 Å². The summed E-state index contributed by atoms with van der Waals surface area (Å²) >= 11 is 0. The Labute approximate surface area is 156 Å². The van der Waals surface area contributed by atoms with E-state index in [0.717, 1.165) is 31.2 Å². The molecule has 1 fully saturated rings. The maximum absolute atomic E-state index is 13.1. The number of benzene rings is 2. The van der Waals surface area contributed by atoms with E-state index in [1.54, 1.807) is 0 Å². The third-order valence-corrected chi connectivity index (χ3v) is 5.57. The van der Waals surface area contributed by atoms with E-state index in [-0.39, 0.29) is 18.2 Å². The van der Waals surface area contributed by atoms with Crippen LogP contribution in [0.4, 0.5) is 4.39 Å². The predicted molar refractivity (Wildman–Crippen MR) is 103 cm³/mol. The van der Waals surface area contributed by atoms with Crippen LogP contribution in [0.3, 0.4) is 0 Å². The Bertz CT molecular complexity index is 716. The molecule has 2 aromatic rings. The number of likely N-dealkylation sites (tertiary alicyclic amines) is 1. The van der Waals surface area contributed by atoms with Gasteiger partial charge in [-0.2, -0.15) is 0 Å². The van der Waals surface area contributed by atoms with Crippen LogP contribution in [0.15, 0.2) is 42.5 Å². The summed E-state index contributed by atoms with van der Waals surface area (Å²) in [5, 5.41) is 0. The first-order chi connectivity index (χ1) is 11.7. The van der Waals surface area contributed by atoms with Gasteiger partial charge in [-0.05, 0) is 66.8 Å². The van der Waals surface area contributed by atoms with Crippen molar-refractivity contribution in [2.24, 2.45) is 0 Å². The van der Waals surface area contributed by atoms with Crippen LogP contribution in [0, 0.1) is 5.82 Å². The molecule has 0 spiro atoms. The molecule has 1 saturated heterocycles. The number of fused-ring (bicyclic) bond motifs is 1. The number of rotatable bonds is 4. The molecule has 1 atom stereocenters. The summed E-state index contributed by atoms with van der Waals surface area (Å²) in [6.07, 6.45) is 2.70. The molecule has 2 aromatic carbocycles. The van der Waals surface area contributed by atoms with Gasteiger partial charge in [0.2, 0.25) is 0 Å². The second kappa shape index (κ2) is 7.86. The van der Waals surface area contributed by atoms with Crippen LogP contribution < -0.4 is 0 Å². The normalized spacial score (nSPS) is 20.5. The van der Waals surface area contributed by atoms with Crippen LogP contribution in [0.5, 0.6) is 0 Å². The maximum atomic E-state index is 13.1. The molecule has 2 aliphatic rings. The Morgan fingerprint density at radius 1 is 0.960 bits per heavy atom. The Kier molecular flexibility index (Phi) is 5.78. The molecule has 0 bridgehead atoms. The Morgan fingerprint density at radius 2 is 1.68 bits per heavy atom. The second-order valence-electron chi connectivity index (χ2n) is 7.23. The van der Waals surface area contributed by atoms with Crippen LogP contribution in [0.2, 0.25) is 0 Å². The molecule has 0 amide bonds. The van der Waals surface area contributed by atoms with Crippen molar-refractivity contribution in [2.45, 2.75) is 38.9 Å². The molecule has 0 aromatic heterocycles. The van der Waals surface area contributed by atoms with Crippen molar-refractivity contribution in [3.63, 3.8) is 0 Å². The van der Waals surface area contributed by atoms with Gasteiger partial charge in [0.1, 0.15) is 5.82 Å². The Hall–Kier alpha value is -1.42. The quantitative estimate of drug-likeness (QED) is 0.778. The van der Waals surface area contributed by atoms with E-state index in [2.05, 4.69) is 34.9 Å². The number of nitrogens with zero attached hydrogens (tertiary/aromatic N) is 2. The van der Waals surface area contributed by atoms with Gasteiger partial charge in [-0.3, -0.25) is 9.80 Å². The molecule has 2 aliphatic heterocycles. The summed E-state index contributed by atoms with van der Waals surface area (Å²) in [6.45, 7) is 8.02. The summed E-state index contributed by atoms with van der Waals surface area (Å²) in [5.41, 5.74) is 5.13. The van der Waals surface area contributed by atoms with Gasteiger partial charge in [0.05, 0.1) is 0 Å². The highest BCUT2D eigenvalue weighted by molar-refractivity contribution is 5.85. The van der Waals surface area contributed by atoms with Gasteiger partial charge in [0.15, 0.2) is 0 Å². The van der Waals surface area contributed by atoms with Gasteiger partial charge in [0.25, 0.3) is 0 Å². The molecule has 4 rings (SSSR count). The SMILES string of the molecule is CC1CCCN1CCN1Cc2ccc(-c3ccc(F)cc3)cc2C1.Cl. The van der Waals surface area contributed by atoms with Crippen molar-refractivity contribution in [3.8, 4) is 11.1 Å². The highest BCUT2D eigenvalue weighted by atomic mass is 35.5. The average molecular weight is 361 g/mol. The third kappa shape index (κ3) is 4.05. The maximum Gasteiger partial charge on any atom is 0.123 e. The van der Waals surface area contributed by atoms with E-state index in [9.17, 15) is 4.39 Å². The summed E-state index contributed by atoms with van der Waals surface area (Å²) in [5.74, 6) is -0.178. The lowest BCUT2D eigenvalue weighted by molar-refractivity contribution is 0.201. The number of hydrogen-bond donors (Lipinski definition) is 0. The molecule has 0 N–H and O–H groups in total. The van der Waals surface area contributed by atoms with Gasteiger partial charge in [-0.1, -0.05) is 24.3 Å². The monoisotopic (exact) mass is 360 g/mol. The smallest absolute Gasteiger partial charge is 0.123 e. The van der Waals surface area contributed by atoms with Gasteiger partial charge < -0.3 is 0 Å². The van der Waals surface area contributed by atoms with Crippen LogP contribution in [0.25, 0.3) is 11.1 Å². The number of halogens is 2. The predicted octanol–water partition coefficient (Wildman–Crippen LogP) is 4.71. The molecule has 134 valence electrons. The van der Waals surface area contributed by atoms with Crippen LogP contribution >= 0.6 is 12.4 Å². The largest absolute Gasteiger partial charge is 0.299 e. The first kappa shape index (κ1) is 18.4. The van der Waals surface area contributed by atoms with Crippen molar-refractivity contribution < 1.29 is 4.39 Å². The van der Waals surface area contributed by atoms with Crippen molar-refractivity contribution in [3.05, 3.63) is 59.4 Å². The van der Waals surface area contributed by atoms with Gasteiger partial charge in [-0.25, -0.2) is 4.39 Å². The minimum atomic E-state index is -0.178. The van der Waals surface area contributed by atoms with E-state index >= 15 is 0 Å². The zero-order valence-corrected chi connectivity index (χ0v) is 15.6. The van der Waals surface area contributed by atoms with Crippen molar-refractivity contribution in [1.29, 1.82) is 0 Å². The third-order valence-electron chi connectivity index (χ3n) is 5.57. The fourth-order valence-corrected chi connectivity index (χ4v) is 4.04. The molecular formula is C21H26ClFN2. The van der Waals surface area contributed by atoms with Crippen molar-refractivity contribution >= 4 is 12.4 Å². The van der Waals surface area contributed by atoms with E-state index in [0.29, 0.717) is 0 Å². The molecule has 4 heteroatoms. The Balaban J connectivity index is 0.00000182. The van der Waals surface area contributed by atoms with E-state index in [4.69, 9.17) is 0 Å². The van der Waals surface area contributed by atoms with E-state index in [1.807, 2.05) is 12.1 Å². The fraction of sp³-hybridized carbons (Fsp3) is 0.429. The minimum Gasteiger partial charge on any atom is -0.299 e. The lowest BCUT2D eigenvalue weighted by Gasteiger charge is -2.24. The van der Waals surface area contributed by atoms with E-state index < -0.39 is 0 Å². The topological polar surface area (TPSA) is 6.48 Å². The first-order valence-corrected chi connectivity index (χ1v) is 9.03. The zero-order valence-electron chi connectivity index (χ0n) is 14.7. The average Bonchev–Trinajstić information content (AvgIpc) is 3.18. The molecular weight excluding hydrogens is 335 g/mol. The zero-order chi connectivity index (χ0) is 16.5. The minimum absolute atomic E-state index is 0. The summed E-state index contributed by atoms with van der Waals surface area (Å²) in [7, 11) is 0. The first-order valence-electron chi connectivity index (χ1n) is 9.03. The molecule has 2 heterocycles. The highest BCUT2D eigenvalue weighted by Gasteiger charge is 2.23. The molecule has 2 nitrogen and oxygen atoms in total. The Morgan fingerprint density at radius 3 is 2.40 bits per heavy atom. The molecule has 0 radical (unpaired) electrons. The molecule has 25 heavy (non-hydrogen) atoms. The van der Waals surface area contributed by atoms with Gasteiger partial charge in [0, 0.05) is 32.2 Å². The molecule has 0 saturated carbocycles. The van der Waals surface area contributed by atoms with Crippen LogP contribution in [0.1, 0.15) is 30.9 Å². The van der Waals surface area contributed by atoms with Crippen molar-refractivity contribution in [2.75, 3.05) is 19.6 Å². The summed E-state index contributed by atoms with van der Waals surface area (Å²) in [6, 6.07) is 14.2. The second-order valence-corrected chi connectivity index (χ2v) is 7.23. The van der Waals surface area contributed by atoms with Crippen LogP contribution in [-0.4, -0.2) is 35.5 Å². The fourth-order valence-electron chi connectivity index (χ4n) is 4.04. The number of hydrogen-bond acceptors (Lipinski definition) is 2. The standard InChI is InChI=1S/C21H25FN2.ClH/c1-16-3-2-10-24(16)12-11-23-14-19-5-4-18(13-20(19)15-23)17-6-8-21(22)9-7-17;/h4-9,13,16H,2-3,10-12,14-15H2,1H3;1H. The lowest BCUT2D eigenvalue weighted by Crippen LogP contribution is -2.34. The highest BCUT2D eigenvalue weighted by Crippen LogP contribution is 2.28. The molecule has 1 unspecified atom stereocenters. The molecule has 0 aliphatic carbocycles. The summed E-state index contributed by atoms with van der Waals surface area (Å²) < 4.78 is 13.1. The van der Waals surface area contributed by atoms with E-state index in [1.165, 1.54) is 54.8 Å². The lowest BCUT2D eigenvalue weighted by atomic mass is 10.0.